The Morgan fingerprint density at radius 2 is 2.24 bits per heavy atom. The summed E-state index contributed by atoms with van der Waals surface area (Å²) in [5, 5.41) is 3.50. The van der Waals surface area contributed by atoms with Crippen LogP contribution in [0.15, 0.2) is 18.2 Å². The van der Waals surface area contributed by atoms with Crippen LogP contribution < -0.4 is 11.1 Å². The minimum Gasteiger partial charge on any atom is -0.350 e. The lowest BCUT2D eigenvalue weighted by molar-refractivity contribution is 0.0929. The number of nitrogens with two attached hydrogens (primary N) is 1. The highest BCUT2D eigenvalue weighted by Crippen LogP contribution is 2.28. The quantitative estimate of drug-likeness (QED) is 0.867. The van der Waals surface area contributed by atoms with Crippen LogP contribution in [0, 0.1) is 6.92 Å². The van der Waals surface area contributed by atoms with Gasteiger partial charge in [0.1, 0.15) is 0 Å². The SMILES string of the molecule is Cc1c(Cl)cccc1C(=O)NCC1(N)CCC1. The smallest absolute Gasteiger partial charge is 0.251 e. The van der Waals surface area contributed by atoms with Gasteiger partial charge in [0.25, 0.3) is 5.91 Å². The van der Waals surface area contributed by atoms with Crippen molar-refractivity contribution >= 4 is 17.5 Å². The highest BCUT2D eigenvalue weighted by Gasteiger charge is 2.32. The Morgan fingerprint density at radius 1 is 1.53 bits per heavy atom. The van der Waals surface area contributed by atoms with E-state index in [-0.39, 0.29) is 11.4 Å². The molecule has 1 saturated carbocycles. The van der Waals surface area contributed by atoms with Gasteiger partial charge >= 0.3 is 0 Å². The van der Waals surface area contributed by atoms with Gasteiger partial charge in [0.05, 0.1) is 0 Å². The summed E-state index contributed by atoms with van der Waals surface area (Å²) in [6.07, 6.45) is 3.13. The Bertz CT molecular complexity index is 441. The molecule has 0 aromatic heterocycles. The Hall–Kier alpha value is -1.06. The molecule has 0 saturated heterocycles. The Balaban J connectivity index is 2.02. The molecule has 1 aliphatic carbocycles. The topological polar surface area (TPSA) is 55.1 Å². The molecule has 92 valence electrons. The zero-order chi connectivity index (χ0) is 12.5. The lowest BCUT2D eigenvalue weighted by Crippen LogP contribution is -2.54. The monoisotopic (exact) mass is 252 g/mol. The highest BCUT2D eigenvalue weighted by atomic mass is 35.5. The molecule has 0 spiro atoms. The number of rotatable bonds is 3. The number of nitrogens with one attached hydrogen (secondary N) is 1. The summed E-state index contributed by atoms with van der Waals surface area (Å²) < 4.78 is 0. The number of halogens is 1. The Kier molecular flexibility index (Phi) is 3.40. The Morgan fingerprint density at radius 3 is 2.82 bits per heavy atom. The molecule has 0 unspecified atom stereocenters. The summed E-state index contributed by atoms with van der Waals surface area (Å²) in [6.45, 7) is 2.39. The molecule has 4 heteroatoms. The third-order valence-electron chi connectivity index (χ3n) is 3.46. The maximum absolute atomic E-state index is 12.0. The van der Waals surface area contributed by atoms with Crippen molar-refractivity contribution in [2.75, 3.05) is 6.54 Å². The molecule has 0 atom stereocenters. The van der Waals surface area contributed by atoms with Gasteiger partial charge in [-0.25, -0.2) is 0 Å². The normalized spacial score (nSPS) is 17.4. The summed E-state index contributed by atoms with van der Waals surface area (Å²) in [7, 11) is 0. The number of carbonyl (C=O) groups is 1. The van der Waals surface area contributed by atoms with Gasteiger partial charge in [0, 0.05) is 22.7 Å². The molecule has 17 heavy (non-hydrogen) atoms. The van der Waals surface area contributed by atoms with Crippen LogP contribution in [-0.2, 0) is 0 Å². The van der Waals surface area contributed by atoms with Gasteiger partial charge in [-0.05, 0) is 43.9 Å². The van der Waals surface area contributed by atoms with Crippen molar-refractivity contribution in [3.63, 3.8) is 0 Å². The molecule has 1 aromatic carbocycles. The van der Waals surface area contributed by atoms with Gasteiger partial charge in [-0.1, -0.05) is 17.7 Å². The fraction of sp³-hybridized carbons (Fsp3) is 0.462. The number of carbonyl (C=O) groups excluding carboxylic acids is 1. The van der Waals surface area contributed by atoms with Crippen molar-refractivity contribution in [1.29, 1.82) is 0 Å². The first-order chi connectivity index (χ1) is 8.02. The van der Waals surface area contributed by atoms with E-state index in [0.717, 1.165) is 24.8 Å². The first kappa shape index (κ1) is 12.4. The predicted molar refractivity (Wildman–Crippen MR) is 69.3 cm³/mol. The molecular weight excluding hydrogens is 236 g/mol. The molecule has 1 fully saturated rings. The van der Waals surface area contributed by atoms with Crippen molar-refractivity contribution in [3.05, 3.63) is 34.3 Å². The van der Waals surface area contributed by atoms with Gasteiger partial charge in [0.2, 0.25) is 0 Å². The number of hydrogen-bond acceptors (Lipinski definition) is 2. The third-order valence-corrected chi connectivity index (χ3v) is 3.87. The highest BCUT2D eigenvalue weighted by molar-refractivity contribution is 6.31. The second kappa shape index (κ2) is 4.67. The molecule has 0 heterocycles. The van der Waals surface area contributed by atoms with E-state index >= 15 is 0 Å². The van der Waals surface area contributed by atoms with Crippen LogP contribution in [0.3, 0.4) is 0 Å². The summed E-state index contributed by atoms with van der Waals surface area (Å²) in [5.41, 5.74) is 7.30. The summed E-state index contributed by atoms with van der Waals surface area (Å²) in [4.78, 5) is 12.0. The van der Waals surface area contributed by atoms with E-state index in [4.69, 9.17) is 17.3 Å². The Labute approximate surface area is 106 Å². The zero-order valence-electron chi connectivity index (χ0n) is 9.92. The van der Waals surface area contributed by atoms with Crippen LogP contribution in [-0.4, -0.2) is 18.0 Å². The summed E-state index contributed by atoms with van der Waals surface area (Å²) in [6, 6.07) is 5.34. The average Bonchev–Trinajstić information content (AvgIpc) is 2.27. The third kappa shape index (κ3) is 2.61. The lowest BCUT2D eigenvalue weighted by Gasteiger charge is -2.38. The molecule has 3 N–H and O–H groups in total. The van der Waals surface area contributed by atoms with Crippen molar-refractivity contribution in [2.24, 2.45) is 5.73 Å². The first-order valence-electron chi connectivity index (χ1n) is 5.84. The van der Waals surface area contributed by atoms with Crippen molar-refractivity contribution in [1.82, 2.24) is 5.32 Å². The van der Waals surface area contributed by atoms with E-state index < -0.39 is 0 Å². The molecule has 0 radical (unpaired) electrons. The maximum atomic E-state index is 12.0. The predicted octanol–water partition coefficient (Wildman–Crippen LogP) is 2.26. The molecule has 3 nitrogen and oxygen atoms in total. The molecule has 0 bridgehead atoms. The minimum atomic E-state index is -0.192. The van der Waals surface area contributed by atoms with Gasteiger partial charge in [-0.15, -0.1) is 0 Å². The van der Waals surface area contributed by atoms with Crippen LogP contribution in [0.5, 0.6) is 0 Å². The van der Waals surface area contributed by atoms with Crippen molar-refractivity contribution in [3.8, 4) is 0 Å². The number of benzene rings is 1. The number of hydrogen-bond donors (Lipinski definition) is 2. The van der Waals surface area contributed by atoms with E-state index in [1.807, 2.05) is 6.92 Å². The standard InChI is InChI=1S/C13H17ClN2O/c1-9-10(4-2-5-11(9)14)12(17)16-8-13(15)6-3-7-13/h2,4-5H,3,6-8,15H2,1H3,(H,16,17). The molecule has 2 rings (SSSR count). The summed E-state index contributed by atoms with van der Waals surface area (Å²) >= 11 is 5.98. The van der Waals surface area contributed by atoms with Gasteiger partial charge in [-0.2, -0.15) is 0 Å². The van der Waals surface area contributed by atoms with E-state index in [0.29, 0.717) is 17.1 Å². The zero-order valence-corrected chi connectivity index (χ0v) is 10.7. The molecular formula is C13H17ClN2O. The maximum Gasteiger partial charge on any atom is 0.251 e. The van der Waals surface area contributed by atoms with Crippen molar-refractivity contribution in [2.45, 2.75) is 31.7 Å². The number of amides is 1. The molecule has 0 aliphatic heterocycles. The molecule has 1 aliphatic rings. The summed E-state index contributed by atoms with van der Waals surface area (Å²) in [5.74, 6) is -0.0956. The van der Waals surface area contributed by atoms with E-state index in [1.54, 1.807) is 18.2 Å². The van der Waals surface area contributed by atoms with Crippen molar-refractivity contribution < 1.29 is 4.79 Å². The molecule has 1 aromatic rings. The van der Waals surface area contributed by atoms with E-state index in [1.165, 1.54) is 0 Å². The van der Waals surface area contributed by atoms with E-state index in [2.05, 4.69) is 5.32 Å². The second-order valence-corrected chi connectivity index (χ2v) is 5.22. The van der Waals surface area contributed by atoms with Gasteiger partial charge in [-0.3, -0.25) is 4.79 Å². The van der Waals surface area contributed by atoms with Crippen LogP contribution in [0.25, 0.3) is 0 Å². The largest absolute Gasteiger partial charge is 0.350 e. The first-order valence-corrected chi connectivity index (χ1v) is 6.22. The fourth-order valence-corrected chi connectivity index (χ4v) is 2.19. The van der Waals surface area contributed by atoms with Crippen LogP contribution >= 0.6 is 11.6 Å². The van der Waals surface area contributed by atoms with E-state index in [9.17, 15) is 4.79 Å². The van der Waals surface area contributed by atoms with Gasteiger partial charge < -0.3 is 11.1 Å². The minimum absolute atomic E-state index is 0.0956. The van der Waals surface area contributed by atoms with Crippen LogP contribution in [0.1, 0.15) is 35.2 Å². The molecule has 1 amide bonds. The average molecular weight is 253 g/mol. The van der Waals surface area contributed by atoms with Crippen LogP contribution in [0.4, 0.5) is 0 Å². The van der Waals surface area contributed by atoms with Crippen LogP contribution in [0.2, 0.25) is 5.02 Å². The lowest BCUT2D eigenvalue weighted by atomic mass is 9.78. The fourth-order valence-electron chi connectivity index (χ4n) is 2.01. The second-order valence-electron chi connectivity index (χ2n) is 4.81. The van der Waals surface area contributed by atoms with Gasteiger partial charge in [0.15, 0.2) is 0 Å².